The van der Waals surface area contributed by atoms with Crippen LogP contribution in [0.1, 0.15) is 16.1 Å². The molecule has 1 heterocycles. The molecule has 5 heteroatoms. The summed E-state index contributed by atoms with van der Waals surface area (Å²) in [5.41, 5.74) is 2.34. The van der Waals surface area contributed by atoms with E-state index in [1.807, 2.05) is 36.4 Å². The first-order chi connectivity index (χ1) is 10.2. The molecular formula is C16H13ClN2O2. The Hall–Kier alpha value is -2.33. The van der Waals surface area contributed by atoms with Crippen LogP contribution >= 0.6 is 11.6 Å². The number of benzene rings is 2. The number of ether oxygens (including phenoxy) is 1. The van der Waals surface area contributed by atoms with Gasteiger partial charge in [-0.3, -0.25) is 9.48 Å². The first-order valence-electron chi connectivity index (χ1n) is 6.45. The Labute approximate surface area is 126 Å². The minimum absolute atomic E-state index is 0.426. The Morgan fingerprint density at radius 1 is 1.24 bits per heavy atom. The summed E-state index contributed by atoms with van der Waals surface area (Å²) in [7, 11) is 1.63. The van der Waals surface area contributed by atoms with Gasteiger partial charge in [0.2, 0.25) is 0 Å². The molecule has 0 atom stereocenters. The van der Waals surface area contributed by atoms with Crippen molar-refractivity contribution in [1.82, 2.24) is 9.78 Å². The van der Waals surface area contributed by atoms with Crippen LogP contribution in [0.3, 0.4) is 0 Å². The van der Waals surface area contributed by atoms with E-state index in [-0.39, 0.29) is 0 Å². The minimum atomic E-state index is 0.426. The van der Waals surface area contributed by atoms with Crippen LogP contribution in [0.2, 0.25) is 5.02 Å². The van der Waals surface area contributed by atoms with Crippen LogP contribution in [-0.2, 0) is 6.54 Å². The van der Waals surface area contributed by atoms with E-state index in [0.717, 1.165) is 28.5 Å². The normalized spacial score (nSPS) is 10.8. The van der Waals surface area contributed by atoms with Crippen molar-refractivity contribution in [2.24, 2.45) is 0 Å². The number of aromatic nitrogens is 2. The summed E-state index contributed by atoms with van der Waals surface area (Å²) in [5, 5.41) is 5.77. The highest BCUT2D eigenvalue weighted by Crippen LogP contribution is 2.23. The maximum atomic E-state index is 11.1. The standard InChI is InChI=1S/C16H13ClN2O2/c1-21-13-5-2-11(3-6-13)9-19-16-8-12(17)4-7-14(16)15(10-20)18-19/h2-8,10H,9H2,1H3. The summed E-state index contributed by atoms with van der Waals surface area (Å²) in [4.78, 5) is 11.1. The molecule has 0 N–H and O–H groups in total. The van der Waals surface area contributed by atoms with Crippen LogP contribution in [0.4, 0.5) is 0 Å². The zero-order chi connectivity index (χ0) is 14.8. The number of rotatable bonds is 4. The topological polar surface area (TPSA) is 44.1 Å². The maximum Gasteiger partial charge on any atom is 0.170 e. The van der Waals surface area contributed by atoms with Crippen LogP contribution in [0.15, 0.2) is 42.5 Å². The lowest BCUT2D eigenvalue weighted by Gasteiger charge is -2.05. The first-order valence-corrected chi connectivity index (χ1v) is 6.83. The molecule has 0 aliphatic rings. The van der Waals surface area contributed by atoms with E-state index in [4.69, 9.17) is 16.3 Å². The molecule has 2 aromatic carbocycles. The smallest absolute Gasteiger partial charge is 0.170 e. The highest BCUT2D eigenvalue weighted by molar-refractivity contribution is 6.31. The Kier molecular flexibility index (Phi) is 3.62. The van der Waals surface area contributed by atoms with Crippen molar-refractivity contribution >= 4 is 28.8 Å². The number of hydrogen-bond donors (Lipinski definition) is 0. The lowest BCUT2D eigenvalue weighted by molar-refractivity contribution is 0.111. The van der Waals surface area contributed by atoms with E-state index in [2.05, 4.69) is 5.10 Å². The number of nitrogens with zero attached hydrogens (tertiary/aromatic N) is 2. The monoisotopic (exact) mass is 300 g/mol. The number of halogens is 1. The summed E-state index contributed by atoms with van der Waals surface area (Å²) in [6.07, 6.45) is 0.765. The number of carbonyl (C=O) groups is 1. The van der Waals surface area contributed by atoms with Crippen molar-refractivity contribution in [1.29, 1.82) is 0 Å². The molecule has 4 nitrogen and oxygen atoms in total. The Bertz CT molecular complexity index is 794. The van der Waals surface area contributed by atoms with E-state index in [0.29, 0.717) is 17.3 Å². The number of aldehydes is 1. The zero-order valence-corrected chi connectivity index (χ0v) is 12.2. The summed E-state index contributed by atoms with van der Waals surface area (Å²) in [6, 6.07) is 13.1. The minimum Gasteiger partial charge on any atom is -0.497 e. The molecule has 0 bridgehead atoms. The molecule has 0 saturated heterocycles. The van der Waals surface area contributed by atoms with E-state index in [1.165, 1.54) is 0 Å². The van der Waals surface area contributed by atoms with Gasteiger partial charge in [-0.1, -0.05) is 23.7 Å². The molecule has 3 aromatic rings. The van der Waals surface area contributed by atoms with Gasteiger partial charge in [-0.05, 0) is 35.9 Å². The second kappa shape index (κ2) is 5.58. The fourth-order valence-electron chi connectivity index (χ4n) is 2.28. The van der Waals surface area contributed by atoms with Gasteiger partial charge in [0.1, 0.15) is 11.4 Å². The largest absolute Gasteiger partial charge is 0.497 e. The van der Waals surface area contributed by atoms with Crippen LogP contribution in [0.5, 0.6) is 5.75 Å². The number of fused-ring (bicyclic) bond motifs is 1. The predicted molar refractivity (Wildman–Crippen MR) is 82.2 cm³/mol. The molecule has 0 amide bonds. The molecule has 0 aliphatic heterocycles. The molecule has 0 unspecified atom stereocenters. The third-order valence-corrected chi connectivity index (χ3v) is 3.58. The molecular weight excluding hydrogens is 288 g/mol. The van der Waals surface area contributed by atoms with E-state index < -0.39 is 0 Å². The average molecular weight is 301 g/mol. The van der Waals surface area contributed by atoms with Gasteiger partial charge in [-0.2, -0.15) is 5.10 Å². The van der Waals surface area contributed by atoms with Gasteiger partial charge in [-0.15, -0.1) is 0 Å². The van der Waals surface area contributed by atoms with Gasteiger partial charge in [0, 0.05) is 10.4 Å². The zero-order valence-electron chi connectivity index (χ0n) is 11.4. The van der Waals surface area contributed by atoms with Crippen molar-refractivity contribution in [3.05, 3.63) is 58.7 Å². The summed E-state index contributed by atoms with van der Waals surface area (Å²) >= 11 is 6.04. The molecule has 3 rings (SSSR count). The average Bonchev–Trinajstić information content (AvgIpc) is 2.85. The lowest BCUT2D eigenvalue weighted by Crippen LogP contribution is -2.02. The third-order valence-electron chi connectivity index (χ3n) is 3.35. The van der Waals surface area contributed by atoms with Gasteiger partial charge < -0.3 is 4.74 Å². The summed E-state index contributed by atoms with van der Waals surface area (Å²) in [5.74, 6) is 0.806. The quantitative estimate of drug-likeness (QED) is 0.692. The molecule has 21 heavy (non-hydrogen) atoms. The fraction of sp³-hybridized carbons (Fsp3) is 0.125. The number of methoxy groups -OCH3 is 1. The molecule has 0 saturated carbocycles. The Balaban J connectivity index is 2.02. The molecule has 0 radical (unpaired) electrons. The molecule has 1 aromatic heterocycles. The van der Waals surface area contributed by atoms with Gasteiger partial charge in [0.15, 0.2) is 6.29 Å². The molecule has 0 spiro atoms. The van der Waals surface area contributed by atoms with Crippen LogP contribution in [-0.4, -0.2) is 23.2 Å². The fourth-order valence-corrected chi connectivity index (χ4v) is 2.45. The van der Waals surface area contributed by atoms with E-state index in [1.54, 1.807) is 17.9 Å². The predicted octanol–water partition coefficient (Wildman–Crippen LogP) is 3.56. The van der Waals surface area contributed by atoms with Crippen LogP contribution < -0.4 is 4.74 Å². The molecule has 0 fully saturated rings. The lowest BCUT2D eigenvalue weighted by atomic mass is 10.2. The van der Waals surface area contributed by atoms with Crippen molar-refractivity contribution in [2.75, 3.05) is 7.11 Å². The molecule has 0 aliphatic carbocycles. The van der Waals surface area contributed by atoms with Gasteiger partial charge in [0.05, 0.1) is 19.2 Å². The van der Waals surface area contributed by atoms with Gasteiger partial charge >= 0.3 is 0 Å². The maximum absolute atomic E-state index is 11.1. The first kappa shape index (κ1) is 13.6. The van der Waals surface area contributed by atoms with Crippen molar-refractivity contribution in [3.8, 4) is 5.75 Å². The summed E-state index contributed by atoms with van der Waals surface area (Å²) < 4.78 is 6.93. The molecule has 106 valence electrons. The van der Waals surface area contributed by atoms with Crippen molar-refractivity contribution in [2.45, 2.75) is 6.54 Å². The van der Waals surface area contributed by atoms with E-state index >= 15 is 0 Å². The van der Waals surface area contributed by atoms with Gasteiger partial charge in [-0.25, -0.2) is 0 Å². The number of carbonyl (C=O) groups excluding carboxylic acids is 1. The highest BCUT2D eigenvalue weighted by atomic mass is 35.5. The second-order valence-electron chi connectivity index (χ2n) is 4.67. The van der Waals surface area contributed by atoms with E-state index in [9.17, 15) is 4.79 Å². The number of hydrogen-bond acceptors (Lipinski definition) is 3. The summed E-state index contributed by atoms with van der Waals surface area (Å²) in [6.45, 7) is 0.564. The van der Waals surface area contributed by atoms with Crippen molar-refractivity contribution < 1.29 is 9.53 Å². The second-order valence-corrected chi connectivity index (χ2v) is 5.11. The van der Waals surface area contributed by atoms with Crippen LogP contribution in [0.25, 0.3) is 10.9 Å². The Morgan fingerprint density at radius 3 is 2.67 bits per heavy atom. The Morgan fingerprint density at radius 2 is 2.00 bits per heavy atom. The SMILES string of the molecule is COc1ccc(Cn2nc(C=O)c3ccc(Cl)cc32)cc1. The van der Waals surface area contributed by atoms with Crippen molar-refractivity contribution in [3.63, 3.8) is 0 Å². The van der Waals surface area contributed by atoms with Crippen LogP contribution in [0, 0.1) is 0 Å². The van der Waals surface area contributed by atoms with Gasteiger partial charge in [0.25, 0.3) is 0 Å². The highest BCUT2D eigenvalue weighted by Gasteiger charge is 2.10. The third kappa shape index (κ3) is 2.62.